The largest absolute Gasteiger partial charge is 0.490 e. The summed E-state index contributed by atoms with van der Waals surface area (Å²) in [6, 6.07) is 12.9. The van der Waals surface area contributed by atoms with Gasteiger partial charge >= 0.3 is 6.18 Å². The summed E-state index contributed by atoms with van der Waals surface area (Å²) in [6.45, 7) is 2.93. The number of nitrogens with zero attached hydrogens (tertiary/aromatic N) is 2. The van der Waals surface area contributed by atoms with Crippen molar-refractivity contribution < 1.29 is 27.8 Å². The van der Waals surface area contributed by atoms with Gasteiger partial charge < -0.3 is 19.5 Å². The summed E-state index contributed by atoms with van der Waals surface area (Å²) in [5.41, 5.74) is 4.03. The van der Waals surface area contributed by atoms with Gasteiger partial charge in [0.2, 0.25) is 0 Å². The minimum absolute atomic E-state index is 0.0862. The maximum atomic E-state index is 12.4. The van der Waals surface area contributed by atoms with Gasteiger partial charge in [-0.05, 0) is 67.3 Å². The van der Waals surface area contributed by atoms with E-state index in [2.05, 4.69) is 24.0 Å². The molecule has 5 nitrogen and oxygen atoms in total. The molecule has 1 atom stereocenters. The van der Waals surface area contributed by atoms with Gasteiger partial charge in [0.25, 0.3) is 0 Å². The maximum absolute atomic E-state index is 12.4. The molecule has 0 fully saturated rings. The SMILES string of the molecule is C[C@@H](CCCOc1ccccc1OCC(F)(F)F)Cc1cc(C#N)c2c(c1)CCN2CCCO. The molecule has 1 N–H and O–H groups in total. The Morgan fingerprint density at radius 1 is 1.15 bits per heavy atom. The Hall–Kier alpha value is -2.92. The summed E-state index contributed by atoms with van der Waals surface area (Å²) >= 11 is 0. The van der Waals surface area contributed by atoms with E-state index >= 15 is 0 Å². The van der Waals surface area contributed by atoms with Gasteiger partial charge in [-0.3, -0.25) is 0 Å². The number of hydrogen-bond acceptors (Lipinski definition) is 5. The number of fused-ring (bicyclic) bond motifs is 1. The molecule has 3 rings (SSSR count). The molecule has 0 radical (unpaired) electrons. The van der Waals surface area contributed by atoms with Gasteiger partial charge in [-0.2, -0.15) is 18.4 Å². The summed E-state index contributed by atoms with van der Waals surface area (Å²) in [7, 11) is 0. The zero-order valence-electron chi connectivity index (χ0n) is 19.4. The van der Waals surface area contributed by atoms with Crippen LogP contribution in [0.1, 0.15) is 42.9 Å². The van der Waals surface area contributed by atoms with Crippen molar-refractivity contribution in [1.29, 1.82) is 5.26 Å². The van der Waals surface area contributed by atoms with Crippen LogP contribution in [0.2, 0.25) is 0 Å². The third-order valence-electron chi connectivity index (χ3n) is 5.85. The van der Waals surface area contributed by atoms with Crippen LogP contribution in [0.5, 0.6) is 11.5 Å². The first-order valence-corrected chi connectivity index (χ1v) is 11.6. The van der Waals surface area contributed by atoms with Crippen molar-refractivity contribution >= 4 is 5.69 Å². The maximum Gasteiger partial charge on any atom is 0.422 e. The molecule has 0 aromatic heterocycles. The average molecular weight is 477 g/mol. The van der Waals surface area contributed by atoms with Crippen LogP contribution in [-0.4, -0.2) is 44.2 Å². The van der Waals surface area contributed by atoms with E-state index in [-0.39, 0.29) is 12.4 Å². The molecule has 0 saturated carbocycles. The van der Waals surface area contributed by atoms with Crippen molar-refractivity contribution in [2.75, 3.05) is 37.8 Å². The quantitative estimate of drug-likeness (QED) is 0.422. The molecule has 0 bridgehead atoms. The molecule has 0 saturated heterocycles. The van der Waals surface area contributed by atoms with Crippen molar-refractivity contribution in [2.45, 2.75) is 45.2 Å². The molecular weight excluding hydrogens is 445 g/mol. The van der Waals surface area contributed by atoms with E-state index < -0.39 is 12.8 Å². The van der Waals surface area contributed by atoms with Crippen LogP contribution >= 0.6 is 0 Å². The number of nitriles is 1. The summed E-state index contributed by atoms with van der Waals surface area (Å²) in [5.74, 6) is 0.752. The molecule has 34 heavy (non-hydrogen) atoms. The zero-order valence-corrected chi connectivity index (χ0v) is 19.4. The molecule has 0 aliphatic carbocycles. The number of para-hydroxylation sites is 2. The second-order valence-corrected chi connectivity index (χ2v) is 8.73. The molecular formula is C26H31F3N2O3. The molecule has 2 aromatic carbocycles. The van der Waals surface area contributed by atoms with Crippen LogP contribution < -0.4 is 14.4 Å². The Balaban J connectivity index is 1.50. The lowest BCUT2D eigenvalue weighted by Crippen LogP contribution is -2.23. The second kappa shape index (κ2) is 12.0. The van der Waals surface area contributed by atoms with Gasteiger partial charge in [0, 0.05) is 19.7 Å². The lowest BCUT2D eigenvalue weighted by Gasteiger charge is -2.21. The standard InChI is InChI=1S/C26H31F3N2O3/c1-19(6-4-13-33-23-7-2-3-8-24(23)34-18-26(27,28)29)14-20-15-21-9-11-31(10-5-12-32)25(21)22(16-20)17-30/h2-3,7-8,15-16,19,32H,4-6,9-14,18H2,1H3/t19-/m0/s1. The highest BCUT2D eigenvalue weighted by Crippen LogP contribution is 2.34. The first-order valence-electron chi connectivity index (χ1n) is 11.6. The summed E-state index contributed by atoms with van der Waals surface area (Å²) < 4.78 is 47.9. The predicted molar refractivity (Wildman–Crippen MR) is 124 cm³/mol. The number of alkyl halides is 3. The topological polar surface area (TPSA) is 65.7 Å². The normalized spacial score (nSPS) is 13.9. The van der Waals surface area contributed by atoms with E-state index in [0.29, 0.717) is 30.3 Å². The van der Waals surface area contributed by atoms with Crippen molar-refractivity contribution in [1.82, 2.24) is 0 Å². The average Bonchev–Trinajstić information content (AvgIpc) is 3.21. The Labute approximate surface area is 198 Å². The molecule has 0 amide bonds. The number of halogens is 3. The zero-order chi connectivity index (χ0) is 24.6. The van der Waals surface area contributed by atoms with Crippen LogP contribution in [0.4, 0.5) is 18.9 Å². The monoisotopic (exact) mass is 476 g/mol. The second-order valence-electron chi connectivity index (χ2n) is 8.73. The number of anilines is 1. The molecule has 2 aromatic rings. The Bertz CT molecular complexity index is 988. The summed E-state index contributed by atoms with van der Waals surface area (Å²) in [5, 5.41) is 18.8. The molecule has 184 valence electrons. The number of hydrogen-bond donors (Lipinski definition) is 1. The Morgan fingerprint density at radius 2 is 1.88 bits per heavy atom. The molecule has 1 heterocycles. The highest BCUT2D eigenvalue weighted by atomic mass is 19.4. The lowest BCUT2D eigenvalue weighted by atomic mass is 9.93. The first kappa shape index (κ1) is 25.7. The molecule has 1 aliphatic rings. The van der Waals surface area contributed by atoms with E-state index in [1.165, 1.54) is 11.6 Å². The Kier molecular flexibility index (Phi) is 9.05. The minimum atomic E-state index is -4.40. The van der Waals surface area contributed by atoms with Gasteiger partial charge in [0.1, 0.15) is 6.07 Å². The molecule has 8 heteroatoms. The fourth-order valence-corrected chi connectivity index (χ4v) is 4.35. The van der Waals surface area contributed by atoms with E-state index in [0.717, 1.165) is 50.0 Å². The third kappa shape index (κ3) is 7.29. The number of rotatable bonds is 12. The smallest absolute Gasteiger partial charge is 0.422 e. The number of aliphatic hydroxyl groups is 1. The molecule has 1 aliphatic heterocycles. The summed E-state index contributed by atoms with van der Waals surface area (Å²) in [4.78, 5) is 2.19. The van der Waals surface area contributed by atoms with E-state index in [1.54, 1.807) is 18.2 Å². The van der Waals surface area contributed by atoms with Gasteiger partial charge in [-0.25, -0.2) is 0 Å². The van der Waals surface area contributed by atoms with Gasteiger partial charge in [0.05, 0.1) is 17.9 Å². The van der Waals surface area contributed by atoms with Gasteiger partial charge in [-0.1, -0.05) is 25.1 Å². The van der Waals surface area contributed by atoms with Gasteiger partial charge in [0.15, 0.2) is 18.1 Å². The Morgan fingerprint density at radius 3 is 2.56 bits per heavy atom. The van der Waals surface area contributed by atoms with Crippen molar-refractivity contribution in [3.05, 3.63) is 53.1 Å². The van der Waals surface area contributed by atoms with Crippen LogP contribution in [0, 0.1) is 17.2 Å². The van der Waals surface area contributed by atoms with E-state index in [4.69, 9.17) is 14.6 Å². The third-order valence-corrected chi connectivity index (χ3v) is 5.85. The van der Waals surface area contributed by atoms with E-state index in [1.807, 2.05) is 6.07 Å². The first-order chi connectivity index (χ1) is 16.3. The number of benzene rings is 2. The molecule has 0 spiro atoms. The highest BCUT2D eigenvalue weighted by Gasteiger charge is 2.29. The molecule has 0 unspecified atom stereocenters. The van der Waals surface area contributed by atoms with Crippen LogP contribution in [-0.2, 0) is 12.8 Å². The highest BCUT2D eigenvalue weighted by molar-refractivity contribution is 5.68. The fraction of sp³-hybridized carbons (Fsp3) is 0.500. The summed E-state index contributed by atoms with van der Waals surface area (Å²) in [6.07, 6.45) is -0.342. The van der Waals surface area contributed by atoms with Crippen molar-refractivity contribution in [2.24, 2.45) is 5.92 Å². The van der Waals surface area contributed by atoms with Crippen LogP contribution in [0.15, 0.2) is 36.4 Å². The fourth-order valence-electron chi connectivity index (χ4n) is 4.35. The predicted octanol–water partition coefficient (Wildman–Crippen LogP) is 5.28. The number of ether oxygens (including phenoxy) is 2. The van der Waals surface area contributed by atoms with Crippen molar-refractivity contribution in [3.8, 4) is 17.6 Å². The van der Waals surface area contributed by atoms with Gasteiger partial charge in [-0.15, -0.1) is 0 Å². The van der Waals surface area contributed by atoms with Crippen LogP contribution in [0.3, 0.4) is 0 Å². The lowest BCUT2D eigenvalue weighted by molar-refractivity contribution is -0.153. The van der Waals surface area contributed by atoms with Crippen LogP contribution in [0.25, 0.3) is 0 Å². The minimum Gasteiger partial charge on any atom is -0.490 e. The van der Waals surface area contributed by atoms with Crippen molar-refractivity contribution in [3.63, 3.8) is 0 Å². The van der Waals surface area contributed by atoms with E-state index in [9.17, 15) is 18.4 Å². The number of aliphatic hydroxyl groups excluding tert-OH is 1.